The molecule has 3 fully saturated rings. The van der Waals surface area contributed by atoms with Gasteiger partial charge in [-0.2, -0.15) is 0 Å². The van der Waals surface area contributed by atoms with Crippen molar-refractivity contribution in [1.82, 2.24) is 5.32 Å². The number of ether oxygens (including phenoxy) is 6. The van der Waals surface area contributed by atoms with Gasteiger partial charge in [0.2, 0.25) is 5.91 Å². The Balaban J connectivity index is 1.34. The van der Waals surface area contributed by atoms with Crippen LogP contribution in [0.3, 0.4) is 0 Å². The Bertz CT molecular complexity index is 1820. The lowest BCUT2D eigenvalue weighted by atomic mass is 9.96. The normalized spacial score (nSPS) is 28.3. The summed E-state index contributed by atoms with van der Waals surface area (Å²) in [6, 6.07) is -0.988. The Hall–Kier alpha value is -2.25. The van der Waals surface area contributed by atoms with Crippen LogP contribution >= 0.6 is 0 Å². The zero-order valence-electron chi connectivity index (χ0n) is 55.6. The fourth-order valence-electron chi connectivity index (χ4n) is 12.0. The number of nitrogens with one attached hydrogen (secondary N) is 1. The molecule has 3 aliphatic rings. The third-order valence-electron chi connectivity index (χ3n) is 17.8. The summed E-state index contributed by atoms with van der Waals surface area (Å²) in [6.07, 6.45) is 37.0. The minimum Gasteiger partial charge on any atom is -0.394 e. The maximum atomic E-state index is 13.4. The molecule has 90 heavy (non-hydrogen) atoms. The van der Waals surface area contributed by atoms with E-state index in [1.54, 1.807) is 6.08 Å². The Labute approximate surface area is 542 Å². The van der Waals surface area contributed by atoms with Crippen molar-refractivity contribution in [3.8, 4) is 0 Å². The van der Waals surface area contributed by atoms with E-state index in [1.165, 1.54) is 186 Å². The van der Waals surface area contributed by atoms with Crippen molar-refractivity contribution in [1.29, 1.82) is 0 Å². The lowest BCUT2D eigenvalue weighted by molar-refractivity contribution is -0.379. The van der Waals surface area contributed by atoms with Crippen LogP contribution in [-0.2, 0) is 33.2 Å². The minimum atomic E-state index is -1.98. The summed E-state index contributed by atoms with van der Waals surface area (Å²) in [7, 11) is 0. The van der Waals surface area contributed by atoms with Gasteiger partial charge in [0.05, 0.1) is 38.6 Å². The average molecular weight is 1280 g/mol. The molecule has 3 heterocycles. The summed E-state index contributed by atoms with van der Waals surface area (Å²) in [5.41, 5.74) is 0. The predicted octanol–water partition coefficient (Wildman–Crippen LogP) is 9.78. The molecule has 3 aliphatic heterocycles. The van der Waals surface area contributed by atoms with Gasteiger partial charge in [0.15, 0.2) is 18.9 Å². The monoisotopic (exact) mass is 1280 g/mol. The fourth-order valence-corrected chi connectivity index (χ4v) is 12.0. The zero-order chi connectivity index (χ0) is 65.4. The number of carbonyl (C=O) groups excluding carboxylic acids is 1. The van der Waals surface area contributed by atoms with Crippen LogP contribution in [0, 0.1) is 0 Å². The Kier molecular flexibility index (Phi) is 48.2. The smallest absolute Gasteiger partial charge is 0.220 e. The Morgan fingerprint density at radius 3 is 1.18 bits per heavy atom. The van der Waals surface area contributed by atoms with E-state index >= 15 is 0 Å². The highest BCUT2D eigenvalue weighted by molar-refractivity contribution is 5.76. The second-order valence-corrected chi connectivity index (χ2v) is 25.7. The molecule has 0 aromatic heterocycles. The highest BCUT2D eigenvalue weighted by atomic mass is 16.8. The van der Waals surface area contributed by atoms with Crippen molar-refractivity contribution < 1.29 is 89.4 Å². The van der Waals surface area contributed by atoms with Gasteiger partial charge in [0.1, 0.15) is 73.2 Å². The van der Waals surface area contributed by atoms with Crippen molar-refractivity contribution in [3.63, 3.8) is 0 Å². The molecule has 0 radical (unpaired) electrons. The molecule has 0 aromatic rings. The van der Waals surface area contributed by atoms with Crippen molar-refractivity contribution in [3.05, 3.63) is 48.6 Å². The summed E-state index contributed by atoms with van der Waals surface area (Å²) < 4.78 is 34.3. The van der Waals surface area contributed by atoms with Crippen LogP contribution in [0.1, 0.15) is 264 Å². The van der Waals surface area contributed by atoms with Crippen molar-refractivity contribution in [2.75, 3.05) is 26.4 Å². The number of hydrogen-bond acceptors (Lipinski definition) is 18. The molecule has 0 spiro atoms. The maximum absolute atomic E-state index is 13.4. The number of amides is 1. The number of aliphatic hydroxyl groups excluding tert-OH is 11. The van der Waals surface area contributed by atoms with E-state index in [0.717, 1.165) is 44.9 Å². The van der Waals surface area contributed by atoms with Gasteiger partial charge in [-0.05, 0) is 64.2 Å². The fraction of sp³-hybridized carbons (Fsp3) is 0.873. The van der Waals surface area contributed by atoms with Gasteiger partial charge in [0, 0.05) is 6.42 Å². The molecule has 19 nitrogen and oxygen atoms in total. The molecule has 0 aliphatic carbocycles. The van der Waals surface area contributed by atoms with Crippen LogP contribution in [0.5, 0.6) is 0 Å². The van der Waals surface area contributed by atoms with Crippen LogP contribution in [0.15, 0.2) is 48.6 Å². The molecule has 0 saturated carbocycles. The molecule has 19 heteroatoms. The number of hydrogen-bond donors (Lipinski definition) is 12. The predicted molar refractivity (Wildman–Crippen MR) is 351 cm³/mol. The summed E-state index contributed by atoms with van der Waals surface area (Å²) in [6.45, 7) is 1.69. The molecular formula is C71H129NO18. The lowest BCUT2D eigenvalue weighted by Gasteiger charge is -2.48. The minimum absolute atomic E-state index is 0.237. The second-order valence-electron chi connectivity index (χ2n) is 25.7. The third-order valence-corrected chi connectivity index (χ3v) is 17.8. The molecule has 3 saturated heterocycles. The van der Waals surface area contributed by atoms with Crippen molar-refractivity contribution in [2.24, 2.45) is 0 Å². The van der Waals surface area contributed by atoms with E-state index < -0.39 is 124 Å². The summed E-state index contributed by atoms with van der Waals surface area (Å²) in [5, 5.41) is 120. The molecule has 1 amide bonds. The van der Waals surface area contributed by atoms with E-state index in [2.05, 4.69) is 55.6 Å². The highest BCUT2D eigenvalue weighted by Gasteiger charge is 2.53. The van der Waals surface area contributed by atoms with Crippen LogP contribution in [0.25, 0.3) is 0 Å². The molecular weight excluding hydrogens is 1150 g/mol. The van der Waals surface area contributed by atoms with Gasteiger partial charge in [-0.25, -0.2) is 0 Å². The van der Waals surface area contributed by atoms with Crippen LogP contribution in [0.2, 0.25) is 0 Å². The zero-order valence-corrected chi connectivity index (χ0v) is 55.6. The first-order valence-corrected chi connectivity index (χ1v) is 35.9. The first kappa shape index (κ1) is 82.0. The number of aliphatic hydroxyl groups is 11. The molecule has 17 atom stereocenters. The number of carbonyl (C=O) groups is 1. The van der Waals surface area contributed by atoms with Crippen LogP contribution in [0.4, 0.5) is 0 Å². The summed E-state index contributed by atoms with van der Waals surface area (Å²) >= 11 is 0. The van der Waals surface area contributed by atoms with Gasteiger partial charge < -0.3 is 89.9 Å². The molecule has 0 bridgehead atoms. The molecule has 12 N–H and O–H groups in total. The molecule has 0 aromatic carbocycles. The van der Waals surface area contributed by atoms with Gasteiger partial charge in [-0.15, -0.1) is 0 Å². The van der Waals surface area contributed by atoms with Crippen LogP contribution in [-0.4, -0.2) is 193 Å². The average Bonchev–Trinajstić information content (AvgIpc) is 0.864. The quantitative estimate of drug-likeness (QED) is 0.0199. The Morgan fingerprint density at radius 1 is 0.400 bits per heavy atom. The van der Waals surface area contributed by atoms with E-state index in [0.29, 0.717) is 12.8 Å². The molecule has 17 unspecified atom stereocenters. The van der Waals surface area contributed by atoms with Crippen LogP contribution < -0.4 is 5.32 Å². The standard InChI is InChI=1S/C71H129NO18/c1-3-5-7-9-11-13-15-17-18-19-20-21-22-23-24-25-26-27-28-29-30-31-32-33-34-35-36-37-39-41-43-45-47-49-59(77)72-54(55(76)48-46-44-42-40-38-16-14-12-10-8-6-4-2)53-85-69-65(83)62(80)67(57(51-74)87-69)90-71-66(84)63(81)68(58(52-75)88-71)89-70-64(82)61(79)60(78)56(50-73)86-70/h15,17,19-20,38,40,46,48,54-58,60-71,73-76,78-84H,3-14,16,18,21-37,39,41-45,47,49-53H2,1-2H3,(H,72,77)/b17-15-,20-19-,40-38+,48-46+. The lowest BCUT2D eigenvalue weighted by Crippen LogP contribution is -2.66. The maximum Gasteiger partial charge on any atom is 0.220 e. The highest BCUT2D eigenvalue weighted by Crippen LogP contribution is 2.33. The van der Waals surface area contributed by atoms with Gasteiger partial charge in [-0.1, -0.05) is 242 Å². The van der Waals surface area contributed by atoms with Crippen molar-refractivity contribution >= 4 is 5.91 Å². The van der Waals surface area contributed by atoms with E-state index in [-0.39, 0.29) is 18.9 Å². The molecule has 526 valence electrons. The van der Waals surface area contributed by atoms with E-state index in [1.807, 2.05) is 6.08 Å². The number of allylic oxidation sites excluding steroid dienone is 7. The first-order valence-electron chi connectivity index (χ1n) is 35.9. The van der Waals surface area contributed by atoms with E-state index in [9.17, 15) is 61.0 Å². The van der Waals surface area contributed by atoms with E-state index in [4.69, 9.17) is 28.4 Å². The van der Waals surface area contributed by atoms with Gasteiger partial charge >= 0.3 is 0 Å². The largest absolute Gasteiger partial charge is 0.394 e. The molecule has 3 rings (SSSR count). The summed E-state index contributed by atoms with van der Waals surface area (Å²) in [4.78, 5) is 13.4. The Morgan fingerprint density at radius 2 is 0.744 bits per heavy atom. The second kappa shape index (κ2) is 53.0. The first-order chi connectivity index (χ1) is 43.8. The summed E-state index contributed by atoms with van der Waals surface area (Å²) in [5.74, 6) is -0.284. The topological polar surface area (TPSA) is 307 Å². The van der Waals surface area contributed by atoms with Crippen molar-refractivity contribution in [2.45, 2.75) is 369 Å². The third kappa shape index (κ3) is 34.4. The van der Waals surface area contributed by atoms with Gasteiger partial charge in [0.25, 0.3) is 0 Å². The number of rotatable bonds is 55. The SMILES string of the molecule is CCCCCCC/C=C\C/C=C\CCCCCCCCCCCCCCCCCCCCCCCC(=O)NC(COC1OC(CO)C(OC2OC(CO)C(OC3OC(CO)C(O)C(O)C3O)C(O)C2O)C(O)C1O)C(O)/C=C/CC/C=C/CCCCCCCC. The number of unbranched alkanes of at least 4 members (excludes halogenated alkanes) is 33. The van der Waals surface area contributed by atoms with Gasteiger partial charge in [-0.3, -0.25) is 4.79 Å².